The summed E-state index contributed by atoms with van der Waals surface area (Å²) in [6.45, 7) is 4.52. The molecular weight excluding hydrogens is 394 g/mol. The molecule has 0 aliphatic carbocycles. The predicted octanol–water partition coefficient (Wildman–Crippen LogP) is 3.93. The van der Waals surface area contributed by atoms with Crippen molar-refractivity contribution in [1.82, 2.24) is 24.6 Å². The van der Waals surface area contributed by atoms with E-state index in [0.717, 1.165) is 55.4 Å². The third-order valence-electron chi connectivity index (χ3n) is 5.63. The molecule has 1 aliphatic heterocycles. The molecule has 1 aliphatic rings. The topological polar surface area (TPSA) is 63.9 Å². The highest BCUT2D eigenvalue weighted by Crippen LogP contribution is 2.25. The summed E-state index contributed by atoms with van der Waals surface area (Å²) in [6.07, 6.45) is 6.75. The first-order valence-corrected chi connectivity index (χ1v) is 11.5. The molecule has 1 aromatic carbocycles. The second-order valence-corrected chi connectivity index (χ2v) is 8.53. The van der Waals surface area contributed by atoms with Gasteiger partial charge in [0, 0.05) is 37.6 Å². The Hall–Kier alpha value is -2.67. The summed E-state index contributed by atoms with van der Waals surface area (Å²) < 4.78 is 2.05. The number of thioether (sulfide) groups is 1. The van der Waals surface area contributed by atoms with Crippen LogP contribution in [-0.4, -0.2) is 49.4 Å². The molecule has 0 atom stereocenters. The molecule has 2 aromatic heterocycles. The van der Waals surface area contributed by atoms with Crippen molar-refractivity contribution in [3.05, 3.63) is 60.4 Å². The van der Waals surface area contributed by atoms with Gasteiger partial charge in [-0.15, -0.1) is 10.2 Å². The second kappa shape index (κ2) is 9.89. The van der Waals surface area contributed by atoms with Crippen LogP contribution in [0.15, 0.2) is 60.0 Å². The molecule has 3 aromatic rings. The Morgan fingerprint density at radius 1 is 1.07 bits per heavy atom. The van der Waals surface area contributed by atoms with E-state index < -0.39 is 0 Å². The fraction of sp³-hybridized carbons (Fsp3) is 0.391. The normalized spacial score (nSPS) is 14.8. The number of rotatable bonds is 7. The first-order valence-electron chi connectivity index (χ1n) is 10.5. The van der Waals surface area contributed by atoms with Gasteiger partial charge in [0.25, 0.3) is 0 Å². The van der Waals surface area contributed by atoms with Gasteiger partial charge < -0.3 is 9.47 Å². The summed E-state index contributed by atoms with van der Waals surface area (Å²) in [5.41, 5.74) is 2.37. The average Bonchev–Trinajstić information content (AvgIpc) is 3.22. The van der Waals surface area contributed by atoms with E-state index in [-0.39, 0.29) is 5.91 Å². The largest absolute Gasteiger partial charge is 0.342 e. The zero-order valence-corrected chi connectivity index (χ0v) is 18.1. The van der Waals surface area contributed by atoms with E-state index in [1.165, 1.54) is 17.3 Å². The van der Waals surface area contributed by atoms with E-state index in [0.29, 0.717) is 11.7 Å². The van der Waals surface area contributed by atoms with Gasteiger partial charge in [0.1, 0.15) is 0 Å². The molecular formula is C23H27N5OS. The fourth-order valence-corrected chi connectivity index (χ4v) is 4.85. The minimum Gasteiger partial charge on any atom is -0.342 e. The number of piperidine rings is 1. The molecule has 0 N–H and O–H groups in total. The van der Waals surface area contributed by atoms with Crippen molar-refractivity contribution in [2.75, 3.05) is 18.8 Å². The number of pyridine rings is 1. The van der Waals surface area contributed by atoms with Crippen LogP contribution in [0.1, 0.15) is 25.3 Å². The summed E-state index contributed by atoms with van der Waals surface area (Å²) >= 11 is 1.47. The first kappa shape index (κ1) is 20.6. The maximum absolute atomic E-state index is 12.8. The summed E-state index contributed by atoms with van der Waals surface area (Å²) in [5.74, 6) is 2.07. The molecule has 0 bridgehead atoms. The van der Waals surface area contributed by atoms with Gasteiger partial charge in [-0.3, -0.25) is 9.78 Å². The maximum Gasteiger partial charge on any atom is 0.233 e. The van der Waals surface area contributed by atoms with Gasteiger partial charge in [-0.05, 0) is 49.8 Å². The number of benzene rings is 1. The van der Waals surface area contributed by atoms with Crippen LogP contribution in [0.2, 0.25) is 0 Å². The van der Waals surface area contributed by atoms with Crippen molar-refractivity contribution in [1.29, 1.82) is 0 Å². The Bertz CT molecular complexity index is 952. The third-order valence-corrected chi connectivity index (χ3v) is 6.58. The minimum atomic E-state index is 0.189. The van der Waals surface area contributed by atoms with Crippen LogP contribution in [-0.2, 0) is 17.8 Å². The number of carbonyl (C=O) groups excluding carboxylic acids is 1. The number of likely N-dealkylation sites (tertiary alicyclic amines) is 1. The lowest BCUT2D eigenvalue weighted by molar-refractivity contribution is -0.129. The minimum absolute atomic E-state index is 0.189. The molecule has 4 rings (SSSR count). The van der Waals surface area contributed by atoms with Crippen molar-refractivity contribution in [3.63, 3.8) is 0 Å². The Labute approximate surface area is 181 Å². The number of amides is 1. The van der Waals surface area contributed by atoms with Crippen molar-refractivity contribution in [2.24, 2.45) is 5.92 Å². The first-order chi connectivity index (χ1) is 14.7. The molecule has 0 spiro atoms. The van der Waals surface area contributed by atoms with Gasteiger partial charge >= 0.3 is 0 Å². The van der Waals surface area contributed by atoms with Crippen molar-refractivity contribution in [2.45, 2.75) is 37.9 Å². The number of hydrogen-bond donors (Lipinski definition) is 0. The van der Waals surface area contributed by atoms with Gasteiger partial charge in [0.05, 0.1) is 5.75 Å². The van der Waals surface area contributed by atoms with E-state index in [9.17, 15) is 4.79 Å². The predicted molar refractivity (Wildman–Crippen MR) is 119 cm³/mol. The summed E-state index contributed by atoms with van der Waals surface area (Å²) in [5, 5.41) is 9.45. The van der Waals surface area contributed by atoms with Gasteiger partial charge in [0.2, 0.25) is 5.91 Å². The maximum atomic E-state index is 12.8. The quantitative estimate of drug-likeness (QED) is 0.541. The van der Waals surface area contributed by atoms with Gasteiger partial charge in [-0.25, -0.2) is 0 Å². The monoisotopic (exact) mass is 421 g/mol. The SMILES string of the molecule is CCn1c(SCC(=O)N2CCC(Cc3ccccc3)CC2)nnc1-c1ccncc1. The molecule has 3 heterocycles. The van der Waals surface area contributed by atoms with Crippen LogP contribution in [0.4, 0.5) is 0 Å². The van der Waals surface area contributed by atoms with Crippen LogP contribution in [0.25, 0.3) is 11.4 Å². The molecule has 6 nitrogen and oxygen atoms in total. The van der Waals surface area contributed by atoms with E-state index in [2.05, 4.69) is 57.0 Å². The van der Waals surface area contributed by atoms with E-state index in [1.807, 2.05) is 17.0 Å². The molecule has 156 valence electrons. The summed E-state index contributed by atoms with van der Waals surface area (Å²) in [4.78, 5) is 18.8. The standard InChI is InChI=1S/C23H27N5OS/c1-2-28-22(20-8-12-24-13-9-20)25-26-23(28)30-17-21(29)27-14-10-19(11-15-27)16-18-6-4-3-5-7-18/h3-9,12-13,19H,2,10-11,14-17H2,1H3. The molecule has 30 heavy (non-hydrogen) atoms. The Morgan fingerprint density at radius 3 is 2.50 bits per heavy atom. The number of nitrogens with zero attached hydrogens (tertiary/aromatic N) is 5. The Balaban J connectivity index is 1.30. The van der Waals surface area contributed by atoms with Crippen LogP contribution in [0.5, 0.6) is 0 Å². The fourth-order valence-electron chi connectivity index (χ4n) is 3.95. The van der Waals surface area contributed by atoms with Crippen LogP contribution < -0.4 is 0 Å². The van der Waals surface area contributed by atoms with Crippen molar-refractivity contribution >= 4 is 17.7 Å². The Morgan fingerprint density at radius 2 is 1.80 bits per heavy atom. The van der Waals surface area contributed by atoms with Crippen LogP contribution in [0, 0.1) is 5.92 Å². The molecule has 0 radical (unpaired) electrons. The summed E-state index contributed by atoms with van der Waals surface area (Å²) in [6, 6.07) is 14.5. The van der Waals surface area contributed by atoms with Crippen LogP contribution >= 0.6 is 11.8 Å². The van der Waals surface area contributed by atoms with Gasteiger partial charge in [-0.2, -0.15) is 0 Å². The summed E-state index contributed by atoms with van der Waals surface area (Å²) in [7, 11) is 0. The number of carbonyl (C=O) groups is 1. The lowest BCUT2D eigenvalue weighted by atomic mass is 9.90. The molecule has 7 heteroatoms. The van der Waals surface area contributed by atoms with E-state index >= 15 is 0 Å². The molecule has 1 fully saturated rings. The zero-order chi connectivity index (χ0) is 20.8. The van der Waals surface area contributed by atoms with Crippen LogP contribution in [0.3, 0.4) is 0 Å². The zero-order valence-electron chi connectivity index (χ0n) is 17.3. The highest BCUT2D eigenvalue weighted by Gasteiger charge is 2.23. The van der Waals surface area contributed by atoms with Crippen molar-refractivity contribution < 1.29 is 4.79 Å². The molecule has 1 saturated heterocycles. The molecule has 1 amide bonds. The third kappa shape index (κ3) is 4.90. The molecule has 0 saturated carbocycles. The van der Waals surface area contributed by atoms with Gasteiger partial charge in [-0.1, -0.05) is 42.1 Å². The Kier molecular flexibility index (Phi) is 6.79. The average molecular weight is 422 g/mol. The van der Waals surface area contributed by atoms with E-state index in [1.54, 1.807) is 12.4 Å². The highest BCUT2D eigenvalue weighted by atomic mass is 32.2. The lowest BCUT2D eigenvalue weighted by Gasteiger charge is -2.32. The van der Waals surface area contributed by atoms with Gasteiger partial charge in [0.15, 0.2) is 11.0 Å². The highest BCUT2D eigenvalue weighted by molar-refractivity contribution is 7.99. The second-order valence-electron chi connectivity index (χ2n) is 7.59. The smallest absolute Gasteiger partial charge is 0.233 e. The number of hydrogen-bond acceptors (Lipinski definition) is 5. The number of aromatic nitrogens is 4. The van der Waals surface area contributed by atoms with E-state index in [4.69, 9.17) is 0 Å². The lowest BCUT2D eigenvalue weighted by Crippen LogP contribution is -2.39. The molecule has 0 unspecified atom stereocenters. The van der Waals surface area contributed by atoms with Crippen molar-refractivity contribution in [3.8, 4) is 11.4 Å².